The number of thioether (sulfide) groups is 1. The molecule has 2 amide bonds. The van der Waals surface area contributed by atoms with Crippen LogP contribution in [0.2, 0.25) is 0 Å². The van der Waals surface area contributed by atoms with Gasteiger partial charge in [-0.05, 0) is 45.0 Å². The highest BCUT2D eigenvalue weighted by molar-refractivity contribution is 7.98. The lowest BCUT2D eigenvalue weighted by molar-refractivity contribution is -0.116. The van der Waals surface area contributed by atoms with Gasteiger partial charge in [0.15, 0.2) is 11.5 Å². The van der Waals surface area contributed by atoms with E-state index in [4.69, 9.17) is 14.0 Å². The molecule has 0 atom stereocenters. The number of rotatable bonds is 11. The van der Waals surface area contributed by atoms with E-state index in [1.54, 1.807) is 43.6 Å². The molecule has 0 aliphatic rings. The van der Waals surface area contributed by atoms with Crippen LogP contribution in [0.5, 0.6) is 11.5 Å². The molecule has 0 aliphatic heterocycles. The highest BCUT2D eigenvalue weighted by atomic mass is 32.2. The van der Waals surface area contributed by atoms with Gasteiger partial charge in [0.05, 0.1) is 31.0 Å². The van der Waals surface area contributed by atoms with E-state index in [1.807, 2.05) is 26.8 Å². The number of hydrogen-bond donors (Lipinski definition) is 1. The summed E-state index contributed by atoms with van der Waals surface area (Å²) in [5.41, 5.74) is 1.74. The Bertz CT molecular complexity index is 1130. The summed E-state index contributed by atoms with van der Waals surface area (Å²) in [4.78, 5) is 31.4. The summed E-state index contributed by atoms with van der Waals surface area (Å²) in [7, 11) is 1.58. The molecule has 10 heteroatoms. The highest BCUT2D eigenvalue weighted by Gasteiger charge is 2.20. The molecule has 180 valence electrons. The van der Waals surface area contributed by atoms with E-state index in [0.717, 1.165) is 11.5 Å². The van der Waals surface area contributed by atoms with Gasteiger partial charge in [-0.1, -0.05) is 16.9 Å². The summed E-state index contributed by atoms with van der Waals surface area (Å²) in [6.45, 7) is 6.43. The Hall–Kier alpha value is -3.53. The lowest BCUT2D eigenvalue weighted by atomic mass is 10.2. The molecule has 3 aromatic rings. The molecular weight excluding hydrogens is 456 g/mol. The molecule has 1 aromatic carbocycles. The fourth-order valence-electron chi connectivity index (χ4n) is 3.12. The smallest absolute Gasteiger partial charge is 0.256 e. The van der Waals surface area contributed by atoms with E-state index >= 15 is 0 Å². The number of likely N-dealkylation sites (N-methyl/N-ethyl adjacent to an activating group) is 1. The predicted molar refractivity (Wildman–Crippen MR) is 129 cm³/mol. The van der Waals surface area contributed by atoms with Crippen molar-refractivity contribution in [3.05, 3.63) is 59.6 Å². The maximum atomic E-state index is 13.0. The third-order valence-electron chi connectivity index (χ3n) is 4.59. The van der Waals surface area contributed by atoms with Gasteiger partial charge < -0.3 is 24.2 Å². The third-order valence-corrected chi connectivity index (χ3v) is 5.63. The Morgan fingerprint density at radius 1 is 1.12 bits per heavy atom. The van der Waals surface area contributed by atoms with Crippen molar-refractivity contribution >= 4 is 29.3 Å². The van der Waals surface area contributed by atoms with Gasteiger partial charge in [-0.25, -0.2) is 4.98 Å². The van der Waals surface area contributed by atoms with Crippen molar-refractivity contribution in [3.63, 3.8) is 0 Å². The SMILES string of the molecule is CCOc1ccc(NC(=O)CN(C)C(=O)c2cccnc2SCc2cc(C)on2)cc1OCC. The van der Waals surface area contributed by atoms with Gasteiger partial charge >= 0.3 is 0 Å². The highest BCUT2D eigenvalue weighted by Crippen LogP contribution is 2.30. The van der Waals surface area contributed by atoms with E-state index in [9.17, 15) is 9.59 Å². The minimum atomic E-state index is -0.335. The standard InChI is InChI=1S/C24H28N4O5S/c1-5-31-20-10-9-17(13-21(20)32-6-2)26-22(29)14-28(4)24(30)19-8-7-11-25-23(19)34-15-18-12-16(3)33-27-18/h7-13H,5-6,14-15H2,1-4H3,(H,26,29). The van der Waals surface area contributed by atoms with Gasteiger partial charge in [0, 0.05) is 36.8 Å². The van der Waals surface area contributed by atoms with Crippen LogP contribution in [0.3, 0.4) is 0 Å². The summed E-state index contributed by atoms with van der Waals surface area (Å²) in [5.74, 6) is 1.75. The first-order chi connectivity index (χ1) is 16.4. The number of nitrogens with zero attached hydrogens (tertiary/aromatic N) is 3. The van der Waals surface area contributed by atoms with Gasteiger partial charge in [-0.3, -0.25) is 9.59 Å². The topological polar surface area (TPSA) is 107 Å². The Kier molecular flexibility index (Phi) is 8.92. The van der Waals surface area contributed by atoms with Crippen LogP contribution >= 0.6 is 11.8 Å². The molecule has 1 N–H and O–H groups in total. The zero-order valence-corrected chi connectivity index (χ0v) is 20.5. The zero-order chi connectivity index (χ0) is 24.5. The molecule has 0 bridgehead atoms. The molecule has 0 unspecified atom stereocenters. The molecule has 0 radical (unpaired) electrons. The average molecular weight is 485 g/mol. The second kappa shape index (κ2) is 12.1. The van der Waals surface area contributed by atoms with Crippen LogP contribution in [0.15, 0.2) is 52.1 Å². The minimum absolute atomic E-state index is 0.127. The number of amides is 2. The molecule has 0 saturated heterocycles. The molecule has 0 spiro atoms. The van der Waals surface area contributed by atoms with Crippen LogP contribution in [0.4, 0.5) is 5.69 Å². The Morgan fingerprint density at radius 3 is 2.59 bits per heavy atom. The van der Waals surface area contributed by atoms with Crippen LogP contribution < -0.4 is 14.8 Å². The monoisotopic (exact) mass is 484 g/mol. The average Bonchev–Trinajstić information content (AvgIpc) is 3.24. The number of hydrogen-bond acceptors (Lipinski definition) is 8. The summed E-state index contributed by atoms with van der Waals surface area (Å²) in [5, 5.41) is 7.33. The van der Waals surface area contributed by atoms with E-state index < -0.39 is 0 Å². The second-order valence-electron chi connectivity index (χ2n) is 7.31. The third kappa shape index (κ3) is 6.74. The van der Waals surface area contributed by atoms with Crippen LogP contribution in [-0.4, -0.2) is 53.7 Å². The normalized spacial score (nSPS) is 10.6. The molecule has 3 rings (SSSR count). The number of anilines is 1. The molecule has 2 heterocycles. The lowest BCUT2D eigenvalue weighted by Gasteiger charge is -2.18. The quantitative estimate of drug-likeness (QED) is 0.404. The van der Waals surface area contributed by atoms with Gasteiger partial charge in [0.1, 0.15) is 10.8 Å². The predicted octanol–water partition coefficient (Wildman–Crippen LogP) is 4.18. The van der Waals surface area contributed by atoms with E-state index in [1.165, 1.54) is 16.7 Å². The first kappa shape index (κ1) is 25.1. The Labute approximate surface area is 202 Å². The number of carbonyl (C=O) groups is 2. The Balaban J connectivity index is 1.63. The number of carbonyl (C=O) groups excluding carboxylic acids is 2. The van der Waals surface area contributed by atoms with Crippen molar-refractivity contribution < 1.29 is 23.6 Å². The van der Waals surface area contributed by atoms with E-state index in [0.29, 0.717) is 46.7 Å². The number of nitrogens with one attached hydrogen (secondary N) is 1. The van der Waals surface area contributed by atoms with Crippen LogP contribution in [0.25, 0.3) is 0 Å². The summed E-state index contributed by atoms with van der Waals surface area (Å²) in [6, 6.07) is 10.4. The molecule has 0 fully saturated rings. The molecule has 0 aliphatic carbocycles. The zero-order valence-electron chi connectivity index (χ0n) is 19.7. The largest absolute Gasteiger partial charge is 0.490 e. The molecular formula is C24H28N4O5S. The van der Waals surface area contributed by atoms with Gasteiger partial charge in [-0.2, -0.15) is 0 Å². The number of ether oxygens (including phenoxy) is 2. The number of benzene rings is 1. The molecule has 2 aromatic heterocycles. The van der Waals surface area contributed by atoms with Crippen molar-refractivity contribution in [1.82, 2.24) is 15.0 Å². The van der Waals surface area contributed by atoms with Gasteiger partial charge in [0.2, 0.25) is 5.91 Å². The van der Waals surface area contributed by atoms with Crippen molar-refractivity contribution in [2.45, 2.75) is 31.6 Å². The maximum Gasteiger partial charge on any atom is 0.256 e. The maximum absolute atomic E-state index is 13.0. The first-order valence-corrected chi connectivity index (χ1v) is 11.8. The minimum Gasteiger partial charge on any atom is -0.490 e. The fourth-order valence-corrected chi connectivity index (χ4v) is 3.99. The lowest BCUT2D eigenvalue weighted by Crippen LogP contribution is -2.35. The van der Waals surface area contributed by atoms with Crippen LogP contribution in [-0.2, 0) is 10.5 Å². The fraction of sp³-hybridized carbons (Fsp3) is 0.333. The molecule has 34 heavy (non-hydrogen) atoms. The Morgan fingerprint density at radius 2 is 1.88 bits per heavy atom. The molecule has 9 nitrogen and oxygen atoms in total. The van der Waals surface area contributed by atoms with Crippen molar-refractivity contribution in [2.75, 3.05) is 32.1 Å². The van der Waals surface area contributed by atoms with Gasteiger partial charge in [-0.15, -0.1) is 0 Å². The number of aromatic nitrogens is 2. The van der Waals surface area contributed by atoms with Crippen LogP contribution in [0, 0.1) is 6.92 Å². The first-order valence-electron chi connectivity index (χ1n) is 10.9. The van der Waals surface area contributed by atoms with Crippen molar-refractivity contribution in [3.8, 4) is 11.5 Å². The molecule has 0 saturated carbocycles. The van der Waals surface area contributed by atoms with E-state index in [2.05, 4.69) is 15.5 Å². The van der Waals surface area contributed by atoms with Crippen LogP contribution in [0.1, 0.15) is 35.7 Å². The number of pyridine rings is 1. The second-order valence-corrected chi connectivity index (χ2v) is 8.27. The summed E-state index contributed by atoms with van der Waals surface area (Å²) < 4.78 is 16.2. The van der Waals surface area contributed by atoms with Crippen molar-refractivity contribution in [2.24, 2.45) is 0 Å². The van der Waals surface area contributed by atoms with Crippen molar-refractivity contribution in [1.29, 1.82) is 0 Å². The summed E-state index contributed by atoms with van der Waals surface area (Å²) >= 11 is 1.38. The van der Waals surface area contributed by atoms with E-state index in [-0.39, 0.29) is 18.4 Å². The van der Waals surface area contributed by atoms with Gasteiger partial charge in [0.25, 0.3) is 5.91 Å². The number of aryl methyl sites for hydroxylation is 1. The summed E-state index contributed by atoms with van der Waals surface area (Å²) in [6.07, 6.45) is 1.63.